The Bertz CT molecular complexity index is 958. The Morgan fingerprint density at radius 2 is 1.92 bits per heavy atom. The van der Waals surface area contributed by atoms with Gasteiger partial charge in [-0.05, 0) is 29.8 Å². The normalized spacial score (nSPS) is 11.8. The SMILES string of the molecule is COC(=O)[C@H](Cc1cccc(Br)c1)NC(=O)c1ccc2ccccc2n1. The molecule has 0 aliphatic heterocycles. The third-order valence-electron chi connectivity index (χ3n) is 3.95. The summed E-state index contributed by atoms with van der Waals surface area (Å²) in [5.74, 6) is -0.916. The molecule has 0 unspecified atom stereocenters. The van der Waals surface area contributed by atoms with Crippen LogP contribution < -0.4 is 5.32 Å². The standard InChI is InChI=1S/C20H17BrN2O3/c1-26-20(25)18(12-13-5-4-7-15(21)11-13)23-19(24)17-10-9-14-6-2-3-8-16(14)22-17/h2-11,18H,12H2,1H3,(H,23,24)/t18-/m0/s1. The van der Waals surface area contributed by atoms with E-state index in [4.69, 9.17) is 4.74 Å². The van der Waals surface area contributed by atoms with Crippen LogP contribution in [0.3, 0.4) is 0 Å². The van der Waals surface area contributed by atoms with Crippen LogP contribution >= 0.6 is 15.9 Å². The zero-order chi connectivity index (χ0) is 18.5. The molecule has 3 aromatic rings. The Morgan fingerprint density at radius 3 is 2.69 bits per heavy atom. The topological polar surface area (TPSA) is 68.3 Å². The molecule has 0 saturated heterocycles. The lowest BCUT2D eigenvalue weighted by Crippen LogP contribution is -2.43. The molecule has 1 amide bonds. The van der Waals surface area contributed by atoms with E-state index in [2.05, 4.69) is 26.2 Å². The first kappa shape index (κ1) is 18.1. The molecule has 0 spiro atoms. The number of hydrogen-bond acceptors (Lipinski definition) is 4. The van der Waals surface area contributed by atoms with Crippen LogP contribution in [0.15, 0.2) is 65.1 Å². The Balaban J connectivity index is 1.80. The summed E-state index contributed by atoms with van der Waals surface area (Å²) in [5.41, 5.74) is 1.88. The predicted molar refractivity (Wildman–Crippen MR) is 103 cm³/mol. The molecule has 1 heterocycles. The average molecular weight is 413 g/mol. The Hall–Kier alpha value is -2.73. The predicted octanol–water partition coefficient (Wildman–Crippen LogP) is 3.51. The Labute approximate surface area is 159 Å². The van der Waals surface area contributed by atoms with Gasteiger partial charge in [-0.3, -0.25) is 4.79 Å². The van der Waals surface area contributed by atoms with E-state index in [0.29, 0.717) is 6.42 Å². The molecule has 0 saturated carbocycles. The molecule has 2 aromatic carbocycles. The fraction of sp³-hybridized carbons (Fsp3) is 0.150. The van der Waals surface area contributed by atoms with Gasteiger partial charge in [0.1, 0.15) is 11.7 Å². The van der Waals surface area contributed by atoms with Crippen molar-refractivity contribution in [1.82, 2.24) is 10.3 Å². The third kappa shape index (κ3) is 4.26. The van der Waals surface area contributed by atoms with Crippen LogP contribution in [-0.4, -0.2) is 30.0 Å². The lowest BCUT2D eigenvalue weighted by atomic mass is 10.1. The Morgan fingerprint density at radius 1 is 1.12 bits per heavy atom. The van der Waals surface area contributed by atoms with E-state index in [0.717, 1.165) is 20.9 Å². The van der Waals surface area contributed by atoms with E-state index >= 15 is 0 Å². The number of benzene rings is 2. The minimum absolute atomic E-state index is 0.256. The molecule has 1 aromatic heterocycles. The van der Waals surface area contributed by atoms with Crippen LogP contribution in [-0.2, 0) is 16.0 Å². The number of carbonyl (C=O) groups is 2. The van der Waals surface area contributed by atoms with Gasteiger partial charge in [0.25, 0.3) is 5.91 Å². The van der Waals surface area contributed by atoms with Crippen LogP contribution in [0.5, 0.6) is 0 Å². The number of nitrogens with zero attached hydrogens (tertiary/aromatic N) is 1. The summed E-state index contributed by atoms with van der Waals surface area (Å²) in [7, 11) is 1.30. The molecule has 132 valence electrons. The maximum atomic E-state index is 12.6. The number of hydrogen-bond donors (Lipinski definition) is 1. The number of para-hydroxylation sites is 1. The number of esters is 1. The second kappa shape index (κ2) is 8.10. The maximum absolute atomic E-state index is 12.6. The van der Waals surface area contributed by atoms with Gasteiger partial charge in [0.05, 0.1) is 12.6 Å². The number of nitrogens with one attached hydrogen (secondary N) is 1. The van der Waals surface area contributed by atoms with Gasteiger partial charge in [-0.15, -0.1) is 0 Å². The molecule has 5 nitrogen and oxygen atoms in total. The van der Waals surface area contributed by atoms with Crippen molar-refractivity contribution >= 4 is 38.7 Å². The quantitative estimate of drug-likeness (QED) is 0.651. The zero-order valence-electron chi connectivity index (χ0n) is 14.1. The average Bonchev–Trinajstić information content (AvgIpc) is 2.66. The van der Waals surface area contributed by atoms with Gasteiger partial charge < -0.3 is 10.1 Å². The number of methoxy groups -OCH3 is 1. The number of carbonyl (C=O) groups excluding carboxylic acids is 2. The number of ether oxygens (including phenoxy) is 1. The molecule has 3 rings (SSSR count). The van der Waals surface area contributed by atoms with Crippen molar-refractivity contribution in [2.24, 2.45) is 0 Å². The molecule has 26 heavy (non-hydrogen) atoms. The van der Waals surface area contributed by atoms with Crippen LogP contribution in [0.2, 0.25) is 0 Å². The third-order valence-corrected chi connectivity index (χ3v) is 4.44. The monoisotopic (exact) mass is 412 g/mol. The molecular formula is C20H17BrN2O3. The Kier molecular flexibility index (Phi) is 5.63. The van der Waals surface area contributed by atoms with Gasteiger partial charge in [-0.2, -0.15) is 0 Å². The number of rotatable bonds is 5. The van der Waals surface area contributed by atoms with Gasteiger partial charge in [0.15, 0.2) is 0 Å². The van der Waals surface area contributed by atoms with E-state index in [9.17, 15) is 9.59 Å². The summed E-state index contributed by atoms with van der Waals surface area (Å²) < 4.78 is 5.74. The van der Waals surface area contributed by atoms with E-state index in [1.165, 1.54) is 7.11 Å². The van der Waals surface area contributed by atoms with Crippen molar-refractivity contribution in [3.8, 4) is 0 Å². The summed E-state index contributed by atoms with van der Waals surface area (Å²) in [5, 5.41) is 3.67. The lowest BCUT2D eigenvalue weighted by Gasteiger charge is -2.16. The minimum Gasteiger partial charge on any atom is -0.467 e. The van der Waals surface area contributed by atoms with Crippen molar-refractivity contribution < 1.29 is 14.3 Å². The highest BCUT2D eigenvalue weighted by molar-refractivity contribution is 9.10. The van der Waals surface area contributed by atoms with E-state index in [1.54, 1.807) is 6.07 Å². The number of halogens is 1. The van der Waals surface area contributed by atoms with Crippen molar-refractivity contribution in [3.63, 3.8) is 0 Å². The van der Waals surface area contributed by atoms with Gasteiger partial charge >= 0.3 is 5.97 Å². The van der Waals surface area contributed by atoms with Gasteiger partial charge in [0, 0.05) is 16.3 Å². The molecule has 6 heteroatoms. The van der Waals surface area contributed by atoms with Gasteiger partial charge in [-0.1, -0.05) is 52.3 Å². The maximum Gasteiger partial charge on any atom is 0.328 e. The lowest BCUT2D eigenvalue weighted by molar-refractivity contribution is -0.142. The smallest absolute Gasteiger partial charge is 0.328 e. The molecular weight excluding hydrogens is 396 g/mol. The molecule has 0 bridgehead atoms. The van der Waals surface area contributed by atoms with E-state index in [1.807, 2.05) is 54.6 Å². The van der Waals surface area contributed by atoms with Gasteiger partial charge in [0.2, 0.25) is 0 Å². The molecule has 0 radical (unpaired) electrons. The molecule has 1 atom stereocenters. The summed E-state index contributed by atoms with van der Waals surface area (Å²) in [4.78, 5) is 29.1. The van der Waals surface area contributed by atoms with Crippen LogP contribution in [0, 0.1) is 0 Å². The molecule has 0 aliphatic rings. The van der Waals surface area contributed by atoms with Crippen molar-refractivity contribution in [2.75, 3.05) is 7.11 Å². The highest BCUT2D eigenvalue weighted by Gasteiger charge is 2.23. The molecule has 0 aliphatic carbocycles. The number of aromatic nitrogens is 1. The van der Waals surface area contributed by atoms with Crippen molar-refractivity contribution in [3.05, 3.63) is 76.4 Å². The first-order chi connectivity index (χ1) is 12.6. The summed E-state index contributed by atoms with van der Waals surface area (Å²) >= 11 is 3.40. The fourth-order valence-electron chi connectivity index (χ4n) is 2.66. The number of pyridine rings is 1. The zero-order valence-corrected chi connectivity index (χ0v) is 15.7. The molecule has 0 fully saturated rings. The number of amides is 1. The summed E-state index contributed by atoms with van der Waals surface area (Å²) in [6.45, 7) is 0. The fourth-order valence-corrected chi connectivity index (χ4v) is 3.11. The van der Waals surface area contributed by atoms with E-state index in [-0.39, 0.29) is 5.69 Å². The summed E-state index contributed by atoms with van der Waals surface area (Å²) in [6.07, 6.45) is 0.325. The first-order valence-corrected chi connectivity index (χ1v) is 8.85. The summed E-state index contributed by atoms with van der Waals surface area (Å²) in [6, 6.07) is 17.8. The van der Waals surface area contributed by atoms with Crippen LogP contribution in [0.25, 0.3) is 10.9 Å². The van der Waals surface area contributed by atoms with E-state index < -0.39 is 17.9 Å². The number of fused-ring (bicyclic) bond motifs is 1. The van der Waals surface area contributed by atoms with Crippen molar-refractivity contribution in [2.45, 2.75) is 12.5 Å². The highest BCUT2D eigenvalue weighted by atomic mass is 79.9. The first-order valence-electron chi connectivity index (χ1n) is 8.06. The second-order valence-electron chi connectivity index (χ2n) is 5.77. The molecule has 1 N–H and O–H groups in total. The van der Waals surface area contributed by atoms with Gasteiger partial charge in [-0.25, -0.2) is 9.78 Å². The van der Waals surface area contributed by atoms with Crippen LogP contribution in [0.4, 0.5) is 0 Å². The highest BCUT2D eigenvalue weighted by Crippen LogP contribution is 2.15. The van der Waals surface area contributed by atoms with Crippen molar-refractivity contribution in [1.29, 1.82) is 0 Å². The second-order valence-corrected chi connectivity index (χ2v) is 6.69. The largest absolute Gasteiger partial charge is 0.467 e. The van der Waals surface area contributed by atoms with Crippen LogP contribution in [0.1, 0.15) is 16.1 Å². The minimum atomic E-state index is -0.796.